The molecule has 0 unspecified atom stereocenters. The second kappa shape index (κ2) is 4.63. The van der Waals surface area contributed by atoms with Crippen LogP contribution in [0.3, 0.4) is 0 Å². The van der Waals surface area contributed by atoms with Crippen LogP contribution in [-0.4, -0.2) is 18.0 Å². The highest BCUT2D eigenvalue weighted by Crippen LogP contribution is 2.29. The van der Waals surface area contributed by atoms with Crippen LogP contribution in [-0.2, 0) is 0 Å². The third kappa shape index (κ3) is 2.37. The maximum atomic E-state index is 10.8. The Bertz CT molecular complexity index is 362. The van der Waals surface area contributed by atoms with Crippen molar-refractivity contribution in [2.24, 2.45) is 0 Å². The van der Waals surface area contributed by atoms with Crippen LogP contribution in [0.15, 0.2) is 18.2 Å². The molecular weight excluding hydrogens is 194 g/mol. The minimum Gasteiger partial charge on any atom is -0.399 e. The lowest BCUT2D eigenvalue weighted by Crippen LogP contribution is -2.22. The van der Waals surface area contributed by atoms with Gasteiger partial charge >= 0.3 is 0 Å². The fourth-order valence-corrected chi connectivity index (χ4v) is 1.52. The molecule has 15 heavy (non-hydrogen) atoms. The highest BCUT2D eigenvalue weighted by Gasteiger charge is 2.17. The van der Waals surface area contributed by atoms with E-state index in [2.05, 4.69) is 0 Å². The molecule has 0 heterocycles. The second-order valence-corrected chi connectivity index (χ2v) is 3.18. The third-order valence-corrected chi connectivity index (χ3v) is 2.30. The molecular formula is C10H15N3O2. The largest absolute Gasteiger partial charge is 0.399 e. The van der Waals surface area contributed by atoms with Crippen LogP contribution in [0.2, 0.25) is 0 Å². The van der Waals surface area contributed by atoms with Crippen LogP contribution in [0.5, 0.6) is 0 Å². The number of anilines is 2. The van der Waals surface area contributed by atoms with E-state index in [1.807, 2.05) is 18.7 Å². The normalized spacial score (nSPS) is 10.0. The van der Waals surface area contributed by atoms with Crippen molar-refractivity contribution in [3.63, 3.8) is 0 Å². The first-order chi connectivity index (χ1) is 7.10. The molecule has 0 aliphatic heterocycles. The van der Waals surface area contributed by atoms with Crippen molar-refractivity contribution in [3.8, 4) is 0 Å². The molecule has 0 atom stereocenters. The van der Waals surface area contributed by atoms with Crippen LogP contribution in [0, 0.1) is 10.1 Å². The third-order valence-electron chi connectivity index (χ3n) is 2.30. The maximum absolute atomic E-state index is 10.8. The van der Waals surface area contributed by atoms with E-state index in [1.54, 1.807) is 12.1 Å². The average molecular weight is 209 g/mol. The number of benzene rings is 1. The van der Waals surface area contributed by atoms with Gasteiger partial charge in [-0.15, -0.1) is 0 Å². The highest BCUT2D eigenvalue weighted by atomic mass is 16.6. The quantitative estimate of drug-likeness (QED) is 0.467. The molecule has 0 aliphatic carbocycles. The van der Waals surface area contributed by atoms with Gasteiger partial charge in [0.25, 0.3) is 5.69 Å². The van der Waals surface area contributed by atoms with Crippen LogP contribution in [0.4, 0.5) is 17.1 Å². The summed E-state index contributed by atoms with van der Waals surface area (Å²) in [5.41, 5.74) is 6.63. The molecule has 0 saturated heterocycles. The van der Waals surface area contributed by atoms with E-state index in [0.717, 1.165) is 13.1 Å². The van der Waals surface area contributed by atoms with Gasteiger partial charge in [0, 0.05) is 24.8 Å². The zero-order valence-electron chi connectivity index (χ0n) is 8.93. The fraction of sp³-hybridized carbons (Fsp3) is 0.400. The lowest BCUT2D eigenvalue weighted by Gasteiger charge is -2.20. The summed E-state index contributed by atoms with van der Waals surface area (Å²) in [6, 6.07) is 4.77. The molecule has 0 bridgehead atoms. The fourth-order valence-electron chi connectivity index (χ4n) is 1.52. The molecule has 0 radical (unpaired) electrons. The van der Waals surface area contributed by atoms with Gasteiger partial charge in [-0.1, -0.05) is 0 Å². The smallest absolute Gasteiger partial charge is 0.294 e. The van der Waals surface area contributed by atoms with E-state index in [-0.39, 0.29) is 5.69 Å². The van der Waals surface area contributed by atoms with Crippen LogP contribution in [0.25, 0.3) is 0 Å². The molecule has 0 amide bonds. The Labute approximate surface area is 88.6 Å². The number of hydrogen-bond donors (Lipinski definition) is 1. The van der Waals surface area contributed by atoms with Crippen molar-refractivity contribution in [2.45, 2.75) is 13.8 Å². The Kier molecular flexibility index (Phi) is 3.49. The first-order valence-corrected chi connectivity index (χ1v) is 4.89. The monoisotopic (exact) mass is 209 g/mol. The molecule has 0 aromatic heterocycles. The van der Waals surface area contributed by atoms with E-state index in [0.29, 0.717) is 11.4 Å². The molecule has 5 heteroatoms. The predicted molar refractivity (Wildman–Crippen MR) is 61.1 cm³/mol. The Morgan fingerprint density at radius 1 is 1.40 bits per heavy atom. The van der Waals surface area contributed by atoms with Crippen molar-refractivity contribution < 1.29 is 4.92 Å². The average Bonchev–Trinajstić information content (AvgIpc) is 2.21. The van der Waals surface area contributed by atoms with Crippen LogP contribution in [0.1, 0.15) is 13.8 Å². The number of nitrogens with zero attached hydrogens (tertiary/aromatic N) is 2. The molecule has 1 aromatic carbocycles. The molecule has 1 rings (SSSR count). The zero-order chi connectivity index (χ0) is 11.4. The molecule has 0 spiro atoms. The van der Waals surface area contributed by atoms with Crippen molar-refractivity contribution >= 4 is 17.1 Å². The minimum atomic E-state index is -0.399. The summed E-state index contributed by atoms with van der Waals surface area (Å²) in [5.74, 6) is 0. The standard InChI is InChI=1S/C10H15N3O2/c1-3-12(4-2)9-6-5-8(11)7-10(9)13(14)15/h5-7H,3-4,11H2,1-2H3. The lowest BCUT2D eigenvalue weighted by molar-refractivity contribution is -0.384. The van der Waals surface area contributed by atoms with Gasteiger partial charge in [0.05, 0.1) is 4.92 Å². The van der Waals surface area contributed by atoms with E-state index < -0.39 is 4.92 Å². The second-order valence-electron chi connectivity index (χ2n) is 3.18. The summed E-state index contributed by atoms with van der Waals surface area (Å²) >= 11 is 0. The number of rotatable bonds is 4. The first kappa shape index (κ1) is 11.3. The number of nitro benzene ring substituents is 1. The molecule has 0 saturated carbocycles. The summed E-state index contributed by atoms with van der Waals surface area (Å²) in [5, 5.41) is 10.8. The van der Waals surface area contributed by atoms with Gasteiger partial charge in [0.15, 0.2) is 0 Å². The molecule has 5 nitrogen and oxygen atoms in total. The van der Waals surface area contributed by atoms with Gasteiger partial charge in [0.1, 0.15) is 5.69 Å². The summed E-state index contributed by atoms with van der Waals surface area (Å²) in [7, 11) is 0. The van der Waals surface area contributed by atoms with Crippen molar-refractivity contribution in [3.05, 3.63) is 28.3 Å². The lowest BCUT2D eigenvalue weighted by atomic mass is 10.2. The number of nitrogens with two attached hydrogens (primary N) is 1. The molecule has 2 N–H and O–H groups in total. The molecule has 0 fully saturated rings. The Morgan fingerprint density at radius 2 is 2.00 bits per heavy atom. The van der Waals surface area contributed by atoms with E-state index in [9.17, 15) is 10.1 Å². The number of hydrogen-bond acceptors (Lipinski definition) is 4. The minimum absolute atomic E-state index is 0.0682. The Morgan fingerprint density at radius 3 is 2.47 bits per heavy atom. The van der Waals surface area contributed by atoms with E-state index in [1.165, 1.54) is 6.07 Å². The van der Waals surface area contributed by atoms with Crippen molar-refractivity contribution in [2.75, 3.05) is 23.7 Å². The SMILES string of the molecule is CCN(CC)c1ccc(N)cc1[N+](=O)[O-]. The van der Waals surface area contributed by atoms with Crippen molar-refractivity contribution in [1.82, 2.24) is 0 Å². The maximum Gasteiger partial charge on any atom is 0.294 e. The molecule has 1 aromatic rings. The topological polar surface area (TPSA) is 72.4 Å². The van der Waals surface area contributed by atoms with Gasteiger partial charge < -0.3 is 10.6 Å². The van der Waals surface area contributed by atoms with Crippen molar-refractivity contribution in [1.29, 1.82) is 0 Å². The van der Waals surface area contributed by atoms with Crippen LogP contribution >= 0.6 is 0 Å². The molecule has 82 valence electrons. The first-order valence-electron chi connectivity index (χ1n) is 4.89. The van der Waals surface area contributed by atoms with Gasteiger partial charge in [-0.05, 0) is 26.0 Å². The summed E-state index contributed by atoms with van der Waals surface area (Å²) in [4.78, 5) is 12.4. The van der Waals surface area contributed by atoms with Gasteiger partial charge in [0.2, 0.25) is 0 Å². The highest BCUT2D eigenvalue weighted by molar-refractivity contribution is 5.68. The number of nitro groups is 1. The Balaban J connectivity index is 3.21. The summed E-state index contributed by atoms with van der Waals surface area (Å²) in [6.07, 6.45) is 0. The Hall–Kier alpha value is -1.78. The summed E-state index contributed by atoms with van der Waals surface area (Å²) < 4.78 is 0. The van der Waals surface area contributed by atoms with Gasteiger partial charge in [-0.2, -0.15) is 0 Å². The van der Waals surface area contributed by atoms with Gasteiger partial charge in [-0.25, -0.2) is 0 Å². The zero-order valence-corrected chi connectivity index (χ0v) is 8.93. The number of nitrogen functional groups attached to an aromatic ring is 1. The van der Waals surface area contributed by atoms with E-state index >= 15 is 0 Å². The van der Waals surface area contributed by atoms with Gasteiger partial charge in [-0.3, -0.25) is 10.1 Å². The summed E-state index contributed by atoms with van der Waals surface area (Å²) in [6.45, 7) is 5.40. The van der Waals surface area contributed by atoms with E-state index in [4.69, 9.17) is 5.73 Å². The molecule has 0 aliphatic rings. The predicted octanol–water partition coefficient (Wildman–Crippen LogP) is 2.02. The van der Waals surface area contributed by atoms with Crippen LogP contribution < -0.4 is 10.6 Å².